The van der Waals surface area contributed by atoms with Gasteiger partial charge in [-0.05, 0) is 12.0 Å². The molecule has 0 aromatic rings. The molecule has 0 spiro atoms. The van der Waals surface area contributed by atoms with Crippen LogP contribution < -0.4 is 21.8 Å². The molecule has 0 aliphatic carbocycles. The van der Waals surface area contributed by atoms with Gasteiger partial charge in [0.05, 0.1) is 0 Å². The molecule has 71 valence electrons. The minimum atomic E-state index is -0.299. The van der Waals surface area contributed by atoms with Gasteiger partial charge in [-0.1, -0.05) is 0 Å². The Balaban J connectivity index is 2.14. The maximum atomic E-state index is 5.85. The Hall–Kier alpha value is -1.11. The average molecular weight is 183 g/mol. The molecule has 2 aliphatic rings. The third kappa shape index (κ3) is 1.19. The molecule has 5 N–H and O–H groups in total. The first-order valence-electron chi connectivity index (χ1n) is 4.20. The van der Waals surface area contributed by atoms with Gasteiger partial charge in [-0.15, -0.1) is 0 Å². The molecule has 1 fully saturated rings. The second kappa shape index (κ2) is 2.99. The zero-order valence-electron chi connectivity index (χ0n) is 7.40. The van der Waals surface area contributed by atoms with Crippen LogP contribution in [0.2, 0.25) is 0 Å². The Morgan fingerprint density at radius 1 is 1.77 bits per heavy atom. The molecule has 2 aliphatic heterocycles. The van der Waals surface area contributed by atoms with E-state index in [4.69, 9.17) is 16.2 Å². The van der Waals surface area contributed by atoms with Crippen molar-refractivity contribution in [3.8, 4) is 0 Å². The van der Waals surface area contributed by atoms with Crippen LogP contribution in [0.25, 0.3) is 0 Å². The molecule has 1 radical (unpaired) electrons. The number of rotatable bonds is 2. The minimum absolute atomic E-state index is 0.226. The quantitative estimate of drug-likeness (QED) is 0.454. The summed E-state index contributed by atoms with van der Waals surface area (Å²) in [5.41, 5.74) is 12.1. The normalized spacial score (nSPS) is 32.5. The average Bonchev–Trinajstić information content (AvgIpc) is 2.59. The van der Waals surface area contributed by atoms with Gasteiger partial charge in [-0.25, -0.2) is 0 Å². The van der Waals surface area contributed by atoms with Gasteiger partial charge < -0.3 is 15.8 Å². The standard InChI is InChI=1S/C7H13N5O/c1-2-13-7-5(9)12-6(11-7)4(8)3-10-12/h3,5,7,11H,2,8-9H2,1H3/q+1. The van der Waals surface area contributed by atoms with E-state index in [1.165, 1.54) is 0 Å². The summed E-state index contributed by atoms with van der Waals surface area (Å²) in [7, 11) is 0. The number of nitrogens with two attached hydrogens (primary N) is 2. The van der Waals surface area contributed by atoms with Crippen molar-refractivity contribution in [2.75, 3.05) is 6.61 Å². The number of hydrazone groups is 1. The lowest BCUT2D eigenvalue weighted by Crippen LogP contribution is -2.45. The van der Waals surface area contributed by atoms with Crippen LogP contribution in [0, 0.1) is 0 Å². The Labute approximate surface area is 76.2 Å². The molecule has 13 heavy (non-hydrogen) atoms. The van der Waals surface area contributed by atoms with E-state index in [1.807, 2.05) is 6.92 Å². The highest BCUT2D eigenvalue weighted by atomic mass is 16.5. The van der Waals surface area contributed by atoms with Gasteiger partial charge in [-0.2, -0.15) is 0 Å². The monoisotopic (exact) mass is 183 g/mol. The molecule has 2 atom stereocenters. The Kier molecular flexibility index (Phi) is 1.95. The van der Waals surface area contributed by atoms with E-state index in [-0.39, 0.29) is 12.4 Å². The molecule has 1 saturated heterocycles. The predicted octanol–water partition coefficient (Wildman–Crippen LogP) is -1.50. The summed E-state index contributed by atoms with van der Waals surface area (Å²) in [6.45, 7) is 2.52. The van der Waals surface area contributed by atoms with E-state index in [1.54, 1.807) is 11.2 Å². The van der Waals surface area contributed by atoms with Crippen molar-refractivity contribution in [2.24, 2.45) is 16.6 Å². The lowest BCUT2D eigenvalue weighted by molar-refractivity contribution is 0.0350. The topological polar surface area (TPSA) is 91.6 Å². The molecule has 0 amide bonds. The van der Waals surface area contributed by atoms with Crippen LogP contribution in [0.4, 0.5) is 0 Å². The van der Waals surface area contributed by atoms with Gasteiger partial charge in [-0.3, -0.25) is 5.73 Å². The first-order valence-corrected chi connectivity index (χ1v) is 4.20. The fourth-order valence-corrected chi connectivity index (χ4v) is 1.42. The molecule has 6 heteroatoms. The van der Waals surface area contributed by atoms with Crippen molar-refractivity contribution in [3.05, 3.63) is 11.5 Å². The largest absolute Gasteiger partial charge is 0.391 e. The summed E-state index contributed by atoms with van der Waals surface area (Å²) < 4.78 is 5.36. The fourth-order valence-electron chi connectivity index (χ4n) is 1.42. The van der Waals surface area contributed by atoms with Gasteiger partial charge in [0.15, 0.2) is 0 Å². The maximum Gasteiger partial charge on any atom is 0.309 e. The minimum Gasteiger partial charge on any atom is -0.391 e. The van der Waals surface area contributed by atoms with Crippen molar-refractivity contribution in [3.63, 3.8) is 0 Å². The molecular weight excluding hydrogens is 170 g/mol. The van der Waals surface area contributed by atoms with Gasteiger partial charge >= 0.3 is 5.82 Å². The molecule has 0 saturated carbocycles. The Morgan fingerprint density at radius 3 is 3.15 bits per heavy atom. The van der Waals surface area contributed by atoms with Crippen LogP contribution >= 0.6 is 0 Å². The number of allylic oxidation sites excluding steroid dienone is 1. The molecule has 0 aromatic carbocycles. The van der Waals surface area contributed by atoms with Crippen molar-refractivity contribution < 1.29 is 4.74 Å². The van der Waals surface area contributed by atoms with Crippen LogP contribution in [0.3, 0.4) is 0 Å². The number of nitrogens with one attached hydrogen (secondary N) is 1. The first kappa shape index (κ1) is 8.49. The fraction of sp³-hybridized carbons (Fsp3) is 0.571. The summed E-state index contributed by atoms with van der Waals surface area (Å²) >= 11 is 0. The number of hydrogen-bond acceptors (Lipinski definition) is 6. The van der Waals surface area contributed by atoms with E-state index < -0.39 is 0 Å². The highest BCUT2D eigenvalue weighted by molar-refractivity contribution is 5.80. The SMILES string of the molecule is CCOC1NC2=C(N)C=N[N+]2C1N. The Morgan fingerprint density at radius 2 is 2.54 bits per heavy atom. The second-order valence-electron chi connectivity index (χ2n) is 2.90. The van der Waals surface area contributed by atoms with Crippen molar-refractivity contribution in [1.29, 1.82) is 0 Å². The van der Waals surface area contributed by atoms with E-state index in [0.29, 0.717) is 12.3 Å². The van der Waals surface area contributed by atoms with Crippen molar-refractivity contribution in [1.82, 2.24) is 10.3 Å². The number of ether oxygens (including phenoxy) is 1. The third-order valence-electron chi connectivity index (χ3n) is 2.04. The van der Waals surface area contributed by atoms with Gasteiger partial charge in [0, 0.05) is 11.6 Å². The van der Waals surface area contributed by atoms with Gasteiger partial charge in [0.2, 0.25) is 6.23 Å². The van der Waals surface area contributed by atoms with Crippen LogP contribution in [0.15, 0.2) is 16.6 Å². The molecule has 2 unspecified atom stereocenters. The zero-order chi connectivity index (χ0) is 9.42. The third-order valence-corrected chi connectivity index (χ3v) is 2.04. The van der Waals surface area contributed by atoms with Crippen LogP contribution in [0.1, 0.15) is 6.92 Å². The molecule has 0 bridgehead atoms. The summed E-state index contributed by atoms with van der Waals surface area (Å²) in [6, 6.07) is 0. The summed E-state index contributed by atoms with van der Waals surface area (Å²) in [6.07, 6.45) is 1.05. The van der Waals surface area contributed by atoms with E-state index >= 15 is 0 Å². The molecular formula is C7H13N5O+. The maximum absolute atomic E-state index is 5.85. The van der Waals surface area contributed by atoms with E-state index in [0.717, 1.165) is 5.82 Å². The highest BCUT2D eigenvalue weighted by Crippen LogP contribution is 2.19. The van der Waals surface area contributed by atoms with Crippen LogP contribution in [0.5, 0.6) is 0 Å². The van der Waals surface area contributed by atoms with Crippen molar-refractivity contribution in [2.45, 2.75) is 19.3 Å². The number of nitrogens with zero attached hydrogens (tertiary/aromatic N) is 2. The first-order chi connectivity index (χ1) is 6.24. The number of fused-ring (bicyclic) bond motifs is 1. The van der Waals surface area contributed by atoms with E-state index in [9.17, 15) is 0 Å². The Bertz CT molecular complexity index is 274. The summed E-state index contributed by atoms with van der Waals surface area (Å²) in [4.78, 5) is 0. The van der Waals surface area contributed by atoms with Crippen LogP contribution in [-0.4, -0.2) is 25.2 Å². The van der Waals surface area contributed by atoms with Gasteiger partial charge in [0.25, 0.3) is 6.17 Å². The van der Waals surface area contributed by atoms with Gasteiger partial charge in [0.1, 0.15) is 11.9 Å². The highest BCUT2D eigenvalue weighted by Gasteiger charge is 2.50. The lowest BCUT2D eigenvalue weighted by atomic mass is 10.5. The van der Waals surface area contributed by atoms with Crippen LogP contribution in [-0.2, 0) is 4.74 Å². The second-order valence-corrected chi connectivity index (χ2v) is 2.90. The zero-order valence-corrected chi connectivity index (χ0v) is 7.40. The molecule has 0 aromatic heterocycles. The smallest absolute Gasteiger partial charge is 0.309 e. The summed E-state index contributed by atoms with van der Waals surface area (Å²) in [5, 5.41) is 8.73. The molecule has 6 nitrogen and oxygen atoms in total. The lowest BCUT2D eigenvalue weighted by Gasteiger charge is -2.09. The molecule has 2 heterocycles. The molecule has 2 rings (SSSR count). The number of hydrogen-bond donors (Lipinski definition) is 3. The summed E-state index contributed by atoms with van der Waals surface area (Å²) in [5.74, 6) is 0.742. The van der Waals surface area contributed by atoms with Crippen molar-refractivity contribution >= 4 is 6.21 Å². The van der Waals surface area contributed by atoms with E-state index in [2.05, 4.69) is 10.4 Å². The predicted molar refractivity (Wildman–Crippen MR) is 48.4 cm³/mol.